The Morgan fingerprint density at radius 1 is 1.43 bits per heavy atom. The number of carbonyl (C=O) groups excluding carboxylic acids is 1. The van der Waals surface area contributed by atoms with Crippen molar-refractivity contribution in [2.45, 2.75) is 38.6 Å². The third-order valence-corrected chi connectivity index (χ3v) is 4.93. The van der Waals surface area contributed by atoms with Gasteiger partial charge in [0, 0.05) is 13.0 Å². The highest BCUT2D eigenvalue weighted by molar-refractivity contribution is 9.10. The number of aryl methyl sites for hydroxylation is 1. The minimum Gasteiger partial charge on any atom is -0.496 e. The molecule has 1 amide bonds. The Morgan fingerprint density at radius 3 is 2.78 bits per heavy atom. The summed E-state index contributed by atoms with van der Waals surface area (Å²) in [4.78, 5) is 25.3. The van der Waals surface area contributed by atoms with Gasteiger partial charge >= 0.3 is 5.97 Å². The lowest BCUT2D eigenvalue weighted by Gasteiger charge is -2.36. The van der Waals surface area contributed by atoms with E-state index >= 15 is 0 Å². The number of carboxylic acid groups (broad SMARTS) is 1. The van der Waals surface area contributed by atoms with Crippen LogP contribution in [0.3, 0.4) is 0 Å². The monoisotopic (exact) mass is 383 g/mol. The van der Waals surface area contributed by atoms with Crippen LogP contribution in [-0.4, -0.2) is 41.6 Å². The molecule has 0 spiro atoms. The molecule has 2 rings (SSSR count). The highest BCUT2D eigenvalue weighted by Crippen LogP contribution is 2.27. The number of halogens is 1. The number of piperidine rings is 1. The Labute approximate surface area is 144 Å². The minimum atomic E-state index is -0.905. The Bertz CT molecular complexity index is 590. The zero-order chi connectivity index (χ0) is 17.0. The minimum absolute atomic E-state index is 0.0868. The number of ether oxygens (including phenoxy) is 1. The lowest BCUT2D eigenvalue weighted by Crippen LogP contribution is -2.49. The molecule has 1 fully saturated rings. The molecule has 2 unspecified atom stereocenters. The summed E-state index contributed by atoms with van der Waals surface area (Å²) in [5.41, 5.74) is 1.02. The molecule has 0 aliphatic carbocycles. The van der Waals surface area contributed by atoms with Crippen molar-refractivity contribution in [3.05, 3.63) is 28.2 Å². The number of benzene rings is 1. The Balaban J connectivity index is 1.98. The summed E-state index contributed by atoms with van der Waals surface area (Å²) in [6.07, 6.45) is 2.30. The SMILES string of the molecule is COc1ccc(CCC(=O)N2CCC(C)CC2C(=O)O)cc1Br. The van der Waals surface area contributed by atoms with Crippen LogP contribution < -0.4 is 4.74 Å². The van der Waals surface area contributed by atoms with Gasteiger partial charge in [-0.2, -0.15) is 0 Å². The van der Waals surface area contributed by atoms with E-state index in [1.807, 2.05) is 25.1 Å². The molecule has 1 heterocycles. The van der Waals surface area contributed by atoms with E-state index in [9.17, 15) is 14.7 Å². The van der Waals surface area contributed by atoms with Crippen LogP contribution in [0.2, 0.25) is 0 Å². The maximum Gasteiger partial charge on any atom is 0.326 e. The van der Waals surface area contributed by atoms with E-state index < -0.39 is 12.0 Å². The van der Waals surface area contributed by atoms with Crippen LogP contribution in [0.15, 0.2) is 22.7 Å². The smallest absolute Gasteiger partial charge is 0.326 e. The van der Waals surface area contributed by atoms with Gasteiger partial charge in [0.2, 0.25) is 5.91 Å². The first-order chi connectivity index (χ1) is 10.9. The number of carboxylic acids is 1. The molecule has 0 aromatic heterocycles. The molecule has 1 aliphatic heterocycles. The fourth-order valence-corrected chi connectivity index (χ4v) is 3.52. The van der Waals surface area contributed by atoms with Crippen LogP contribution in [-0.2, 0) is 16.0 Å². The number of hydrogen-bond donors (Lipinski definition) is 1. The number of carbonyl (C=O) groups is 2. The molecule has 2 atom stereocenters. The van der Waals surface area contributed by atoms with E-state index in [2.05, 4.69) is 15.9 Å². The fourth-order valence-electron chi connectivity index (χ4n) is 2.93. The van der Waals surface area contributed by atoms with Gasteiger partial charge in [0.15, 0.2) is 0 Å². The first-order valence-corrected chi connectivity index (χ1v) is 8.56. The Morgan fingerprint density at radius 2 is 2.17 bits per heavy atom. The number of methoxy groups -OCH3 is 1. The van der Waals surface area contributed by atoms with Crippen molar-refractivity contribution >= 4 is 27.8 Å². The summed E-state index contributed by atoms with van der Waals surface area (Å²) in [5, 5.41) is 9.34. The lowest BCUT2D eigenvalue weighted by molar-refractivity contribution is -0.153. The van der Waals surface area contributed by atoms with Gasteiger partial charge in [-0.05, 0) is 58.8 Å². The van der Waals surface area contributed by atoms with Crippen molar-refractivity contribution in [3.63, 3.8) is 0 Å². The molecule has 5 nitrogen and oxygen atoms in total. The standard InChI is InChI=1S/C17H22BrNO4/c1-11-7-8-19(14(9-11)17(21)22)16(20)6-4-12-3-5-15(23-2)13(18)10-12/h3,5,10-11,14H,4,6-9H2,1-2H3,(H,21,22). The van der Waals surface area contributed by atoms with Crippen LogP contribution in [0.5, 0.6) is 5.75 Å². The molecule has 1 saturated heterocycles. The van der Waals surface area contributed by atoms with Crippen molar-refractivity contribution in [3.8, 4) is 5.75 Å². The van der Waals surface area contributed by atoms with Crippen LogP contribution >= 0.6 is 15.9 Å². The number of aliphatic carboxylic acids is 1. The van der Waals surface area contributed by atoms with Crippen molar-refractivity contribution in [1.82, 2.24) is 4.90 Å². The average Bonchev–Trinajstić information content (AvgIpc) is 2.52. The molecule has 1 N–H and O–H groups in total. The normalized spacial score (nSPS) is 21.1. The second kappa shape index (κ2) is 7.81. The zero-order valence-corrected chi connectivity index (χ0v) is 15.0. The quantitative estimate of drug-likeness (QED) is 0.847. The number of rotatable bonds is 5. The van der Waals surface area contributed by atoms with Crippen molar-refractivity contribution in [2.24, 2.45) is 5.92 Å². The molecule has 23 heavy (non-hydrogen) atoms. The van der Waals surface area contributed by atoms with Crippen molar-refractivity contribution < 1.29 is 19.4 Å². The van der Waals surface area contributed by atoms with Crippen LogP contribution in [0.4, 0.5) is 0 Å². The number of likely N-dealkylation sites (tertiary alicyclic amines) is 1. The van der Waals surface area contributed by atoms with Gasteiger partial charge in [0.05, 0.1) is 11.6 Å². The summed E-state index contributed by atoms with van der Waals surface area (Å²) in [7, 11) is 1.60. The summed E-state index contributed by atoms with van der Waals surface area (Å²) in [6, 6.07) is 5.02. The summed E-state index contributed by atoms with van der Waals surface area (Å²) < 4.78 is 6.03. The number of hydrogen-bond acceptors (Lipinski definition) is 3. The van der Waals surface area contributed by atoms with Gasteiger partial charge in [0.25, 0.3) is 0 Å². The molecule has 0 radical (unpaired) electrons. The van der Waals surface area contributed by atoms with Gasteiger partial charge < -0.3 is 14.7 Å². The molecule has 0 saturated carbocycles. The first kappa shape index (κ1) is 17.8. The third-order valence-electron chi connectivity index (χ3n) is 4.31. The molecule has 1 aliphatic rings. The van der Waals surface area contributed by atoms with Gasteiger partial charge in [-0.25, -0.2) is 4.79 Å². The second-order valence-electron chi connectivity index (χ2n) is 6.04. The van der Waals surface area contributed by atoms with E-state index in [0.29, 0.717) is 31.7 Å². The van der Waals surface area contributed by atoms with Gasteiger partial charge in [-0.15, -0.1) is 0 Å². The van der Waals surface area contributed by atoms with E-state index in [1.54, 1.807) is 7.11 Å². The molecule has 126 valence electrons. The zero-order valence-electron chi connectivity index (χ0n) is 13.4. The number of amides is 1. The van der Waals surface area contributed by atoms with Gasteiger partial charge in [-0.1, -0.05) is 13.0 Å². The topological polar surface area (TPSA) is 66.8 Å². The highest BCUT2D eigenvalue weighted by atomic mass is 79.9. The molecule has 1 aromatic carbocycles. The van der Waals surface area contributed by atoms with Gasteiger partial charge in [0.1, 0.15) is 11.8 Å². The predicted molar refractivity (Wildman–Crippen MR) is 90.5 cm³/mol. The fraction of sp³-hybridized carbons (Fsp3) is 0.529. The number of nitrogens with zero attached hydrogens (tertiary/aromatic N) is 1. The summed E-state index contributed by atoms with van der Waals surface area (Å²) in [5.74, 6) is 0.0991. The summed E-state index contributed by atoms with van der Waals surface area (Å²) >= 11 is 3.43. The predicted octanol–water partition coefficient (Wildman–Crippen LogP) is 3.10. The van der Waals surface area contributed by atoms with Crippen molar-refractivity contribution in [2.75, 3.05) is 13.7 Å². The molecular weight excluding hydrogens is 362 g/mol. The third kappa shape index (κ3) is 4.47. The summed E-state index contributed by atoms with van der Waals surface area (Å²) in [6.45, 7) is 2.57. The largest absolute Gasteiger partial charge is 0.496 e. The Hall–Kier alpha value is -1.56. The average molecular weight is 384 g/mol. The highest BCUT2D eigenvalue weighted by Gasteiger charge is 2.34. The van der Waals surface area contributed by atoms with E-state index in [-0.39, 0.29) is 5.91 Å². The van der Waals surface area contributed by atoms with E-state index in [1.165, 1.54) is 4.90 Å². The second-order valence-corrected chi connectivity index (χ2v) is 6.89. The van der Waals surface area contributed by atoms with Crippen LogP contribution in [0.1, 0.15) is 31.7 Å². The molecule has 0 bridgehead atoms. The van der Waals surface area contributed by atoms with E-state index in [4.69, 9.17) is 4.74 Å². The van der Waals surface area contributed by atoms with Crippen LogP contribution in [0.25, 0.3) is 0 Å². The first-order valence-electron chi connectivity index (χ1n) is 7.77. The van der Waals surface area contributed by atoms with E-state index in [0.717, 1.165) is 22.2 Å². The maximum atomic E-state index is 12.4. The molecular formula is C17H22BrNO4. The van der Waals surface area contributed by atoms with Gasteiger partial charge in [-0.3, -0.25) is 4.79 Å². The van der Waals surface area contributed by atoms with Crippen LogP contribution in [0, 0.1) is 5.92 Å². The Kier molecular flexibility index (Phi) is 6.04. The molecule has 1 aromatic rings. The van der Waals surface area contributed by atoms with Crippen molar-refractivity contribution in [1.29, 1.82) is 0 Å². The molecule has 6 heteroatoms. The maximum absolute atomic E-state index is 12.4. The lowest BCUT2D eigenvalue weighted by atomic mass is 9.92.